The van der Waals surface area contributed by atoms with Crippen LogP contribution in [0.4, 0.5) is 8.78 Å². The Labute approximate surface area is 119 Å². The summed E-state index contributed by atoms with van der Waals surface area (Å²) in [6.45, 7) is 5.23. The van der Waals surface area contributed by atoms with E-state index in [1.807, 2.05) is 0 Å². The molecule has 1 heterocycles. The first kappa shape index (κ1) is 14.8. The average Bonchev–Trinajstić information content (AvgIpc) is 2.76. The van der Waals surface area contributed by atoms with Gasteiger partial charge in [0.15, 0.2) is 5.69 Å². The van der Waals surface area contributed by atoms with Gasteiger partial charge in [-0.05, 0) is 24.6 Å². The molecule has 0 atom stereocenters. The maximum atomic E-state index is 13.1. The number of halogens is 2. The zero-order valence-corrected chi connectivity index (χ0v) is 11.3. The Morgan fingerprint density at radius 3 is 2.67 bits per heavy atom. The van der Waals surface area contributed by atoms with Gasteiger partial charge in [0.05, 0.1) is 12.2 Å². The first-order valence-corrected chi connectivity index (χ1v) is 6.14. The van der Waals surface area contributed by atoms with Gasteiger partial charge in [-0.15, -0.1) is 5.10 Å². The van der Waals surface area contributed by atoms with E-state index in [-0.39, 0.29) is 18.8 Å². The predicted octanol–water partition coefficient (Wildman–Crippen LogP) is 2.26. The molecule has 0 amide bonds. The SMILES string of the molecule is C=CCOC(=O)c1nnn(Cc2cc(F)cc(F)c2)c1C. The van der Waals surface area contributed by atoms with E-state index in [9.17, 15) is 13.6 Å². The fourth-order valence-corrected chi connectivity index (χ4v) is 1.78. The van der Waals surface area contributed by atoms with E-state index in [2.05, 4.69) is 16.9 Å². The molecule has 0 aliphatic carbocycles. The first-order chi connectivity index (χ1) is 10.0. The second-order valence-corrected chi connectivity index (χ2v) is 4.35. The molecule has 7 heteroatoms. The highest BCUT2D eigenvalue weighted by molar-refractivity contribution is 5.88. The molecule has 0 fully saturated rings. The molecule has 110 valence electrons. The van der Waals surface area contributed by atoms with Gasteiger partial charge in [0.25, 0.3) is 0 Å². The van der Waals surface area contributed by atoms with Gasteiger partial charge in [-0.1, -0.05) is 17.9 Å². The minimum atomic E-state index is -0.673. The zero-order chi connectivity index (χ0) is 15.4. The highest BCUT2D eigenvalue weighted by Gasteiger charge is 2.17. The lowest BCUT2D eigenvalue weighted by Crippen LogP contribution is -2.09. The Kier molecular flexibility index (Phi) is 4.42. The summed E-state index contributed by atoms with van der Waals surface area (Å²) in [5, 5.41) is 7.52. The average molecular weight is 293 g/mol. The van der Waals surface area contributed by atoms with Crippen LogP contribution in [0.5, 0.6) is 0 Å². The van der Waals surface area contributed by atoms with Crippen molar-refractivity contribution in [2.24, 2.45) is 0 Å². The molecule has 0 radical (unpaired) electrons. The monoisotopic (exact) mass is 293 g/mol. The molecular weight excluding hydrogens is 280 g/mol. The van der Waals surface area contributed by atoms with E-state index in [1.165, 1.54) is 22.9 Å². The number of rotatable bonds is 5. The van der Waals surface area contributed by atoms with Crippen LogP contribution in [0.1, 0.15) is 21.7 Å². The van der Waals surface area contributed by atoms with E-state index < -0.39 is 17.6 Å². The maximum Gasteiger partial charge on any atom is 0.361 e. The maximum absolute atomic E-state index is 13.1. The lowest BCUT2D eigenvalue weighted by molar-refractivity contribution is 0.0542. The van der Waals surface area contributed by atoms with Gasteiger partial charge in [0, 0.05) is 6.07 Å². The summed E-state index contributed by atoms with van der Waals surface area (Å²) in [4.78, 5) is 11.7. The van der Waals surface area contributed by atoms with Gasteiger partial charge in [-0.25, -0.2) is 18.3 Å². The first-order valence-electron chi connectivity index (χ1n) is 6.14. The van der Waals surface area contributed by atoms with Crippen molar-refractivity contribution in [2.75, 3.05) is 6.61 Å². The molecular formula is C14H13F2N3O2. The Hall–Kier alpha value is -2.57. The Morgan fingerprint density at radius 2 is 2.05 bits per heavy atom. The molecule has 21 heavy (non-hydrogen) atoms. The van der Waals surface area contributed by atoms with Gasteiger partial charge in [0.2, 0.25) is 0 Å². The van der Waals surface area contributed by atoms with Crippen LogP contribution in [0, 0.1) is 18.6 Å². The van der Waals surface area contributed by atoms with E-state index in [0.29, 0.717) is 11.3 Å². The van der Waals surface area contributed by atoms with Crippen LogP contribution in [0.25, 0.3) is 0 Å². The zero-order valence-electron chi connectivity index (χ0n) is 11.3. The van der Waals surface area contributed by atoms with Crippen molar-refractivity contribution in [3.63, 3.8) is 0 Å². The van der Waals surface area contributed by atoms with Crippen LogP contribution in [0.15, 0.2) is 30.9 Å². The number of ether oxygens (including phenoxy) is 1. The van der Waals surface area contributed by atoms with Crippen LogP contribution in [0.2, 0.25) is 0 Å². The largest absolute Gasteiger partial charge is 0.457 e. The summed E-state index contributed by atoms with van der Waals surface area (Å²) in [6, 6.07) is 3.18. The topological polar surface area (TPSA) is 57.0 Å². The van der Waals surface area contributed by atoms with Gasteiger partial charge in [0.1, 0.15) is 18.2 Å². The Bertz CT molecular complexity index is 663. The van der Waals surface area contributed by atoms with E-state index >= 15 is 0 Å². The number of carbonyl (C=O) groups excluding carboxylic acids is 1. The summed E-state index contributed by atoms with van der Waals surface area (Å²) in [7, 11) is 0. The summed E-state index contributed by atoms with van der Waals surface area (Å²) in [5.74, 6) is -1.97. The van der Waals surface area contributed by atoms with Crippen LogP contribution < -0.4 is 0 Å². The molecule has 2 aromatic rings. The molecule has 2 rings (SSSR count). The van der Waals surface area contributed by atoms with Crippen LogP contribution in [-0.4, -0.2) is 27.6 Å². The third kappa shape index (κ3) is 3.50. The molecule has 0 saturated heterocycles. The third-order valence-corrected chi connectivity index (χ3v) is 2.76. The van der Waals surface area contributed by atoms with Crippen molar-refractivity contribution >= 4 is 5.97 Å². The van der Waals surface area contributed by atoms with E-state index in [1.54, 1.807) is 6.92 Å². The smallest absolute Gasteiger partial charge is 0.361 e. The summed E-state index contributed by atoms with van der Waals surface area (Å²) >= 11 is 0. The molecule has 0 saturated carbocycles. The second-order valence-electron chi connectivity index (χ2n) is 4.35. The summed E-state index contributed by atoms with van der Waals surface area (Å²) < 4.78 is 32.5. The highest BCUT2D eigenvalue weighted by Crippen LogP contribution is 2.12. The van der Waals surface area contributed by atoms with Crippen LogP contribution >= 0.6 is 0 Å². The number of nitrogens with zero attached hydrogens (tertiary/aromatic N) is 3. The fraction of sp³-hybridized carbons (Fsp3) is 0.214. The minimum absolute atomic E-state index is 0.0636. The van der Waals surface area contributed by atoms with E-state index in [4.69, 9.17) is 4.74 Å². The fourth-order valence-electron chi connectivity index (χ4n) is 1.78. The minimum Gasteiger partial charge on any atom is -0.457 e. The third-order valence-electron chi connectivity index (χ3n) is 2.76. The number of hydrogen-bond donors (Lipinski definition) is 0. The van der Waals surface area contributed by atoms with Gasteiger partial charge in [-0.3, -0.25) is 0 Å². The quantitative estimate of drug-likeness (QED) is 0.627. The predicted molar refractivity (Wildman–Crippen MR) is 70.7 cm³/mol. The van der Waals surface area contributed by atoms with Gasteiger partial charge < -0.3 is 4.74 Å². The number of hydrogen-bond acceptors (Lipinski definition) is 4. The van der Waals surface area contributed by atoms with Gasteiger partial charge >= 0.3 is 5.97 Å². The summed E-state index contributed by atoms with van der Waals surface area (Å²) in [5.41, 5.74) is 0.897. The second kappa shape index (κ2) is 6.25. The highest BCUT2D eigenvalue weighted by atomic mass is 19.1. The lowest BCUT2D eigenvalue weighted by Gasteiger charge is -2.05. The molecule has 0 bridgehead atoms. The molecule has 0 spiro atoms. The normalized spacial score (nSPS) is 10.4. The standard InChI is InChI=1S/C14H13F2N3O2/c1-3-4-21-14(20)13-9(2)19(18-17-13)8-10-5-11(15)7-12(16)6-10/h3,5-7H,1,4,8H2,2H3. The van der Waals surface area contributed by atoms with Crippen molar-refractivity contribution in [1.29, 1.82) is 0 Å². The van der Waals surface area contributed by atoms with Gasteiger partial charge in [-0.2, -0.15) is 0 Å². The molecule has 1 aromatic heterocycles. The van der Waals surface area contributed by atoms with Crippen molar-refractivity contribution in [2.45, 2.75) is 13.5 Å². The number of esters is 1. The van der Waals surface area contributed by atoms with Crippen molar-refractivity contribution in [1.82, 2.24) is 15.0 Å². The number of carbonyl (C=O) groups is 1. The van der Waals surface area contributed by atoms with Crippen molar-refractivity contribution in [3.8, 4) is 0 Å². The lowest BCUT2D eigenvalue weighted by atomic mass is 10.2. The molecule has 0 aliphatic rings. The Balaban J connectivity index is 2.20. The molecule has 0 N–H and O–H groups in total. The summed E-state index contributed by atoms with van der Waals surface area (Å²) in [6.07, 6.45) is 1.44. The van der Waals surface area contributed by atoms with Crippen molar-refractivity contribution in [3.05, 3.63) is 59.4 Å². The molecule has 0 unspecified atom stereocenters. The van der Waals surface area contributed by atoms with Crippen LogP contribution in [-0.2, 0) is 11.3 Å². The van der Waals surface area contributed by atoms with E-state index in [0.717, 1.165) is 6.07 Å². The Morgan fingerprint density at radius 1 is 1.38 bits per heavy atom. The van der Waals surface area contributed by atoms with Crippen LogP contribution in [0.3, 0.4) is 0 Å². The van der Waals surface area contributed by atoms with Crippen molar-refractivity contribution < 1.29 is 18.3 Å². The molecule has 5 nitrogen and oxygen atoms in total. The number of aromatic nitrogens is 3. The number of benzene rings is 1. The molecule has 0 aliphatic heterocycles. The molecule has 1 aromatic carbocycles.